The fourth-order valence-corrected chi connectivity index (χ4v) is 8.80. The van der Waals surface area contributed by atoms with Gasteiger partial charge in [0.1, 0.15) is 42.0 Å². The molecule has 2 fully saturated rings. The van der Waals surface area contributed by atoms with E-state index in [9.17, 15) is 19.5 Å². The first-order valence-corrected chi connectivity index (χ1v) is 18.8. The first-order valence-electron chi connectivity index (χ1n) is 18.0. The Labute approximate surface area is 310 Å². The molecule has 0 unspecified atom stereocenters. The molecule has 14 heteroatoms. The second kappa shape index (κ2) is 15.3. The topological polar surface area (TPSA) is 156 Å². The van der Waals surface area contributed by atoms with Gasteiger partial charge in [-0.05, 0) is 50.0 Å². The number of carbonyl (C=O) groups excluding carboxylic acids is 4. The van der Waals surface area contributed by atoms with Crippen molar-refractivity contribution in [3.63, 3.8) is 0 Å². The number of nitrogens with one attached hydrogen (secondary N) is 1. The number of cyclic esters (lactones) is 1. The third kappa shape index (κ3) is 6.67. The minimum absolute atomic E-state index is 0.0377. The number of unbranched alkanes of at least 4 members (excludes halogenated alkanes) is 3. The van der Waals surface area contributed by atoms with Gasteiger partial charge < -0.3 is 29.7 Å². The standard InChI is InChI=1S/C38H43BrN6O7/c1-24-32(25-14-6-4-7-15-25)51-37(50)30-31-35(48)44(20-12-2-3-13-21-46)34(38(31)22-26(39)33(30)52-38)36(49)43(19-11-5-8-18-29(47)40-24)23-45-28-17-10-9-16-27(28)41-42-45/h4-7,9-11,14-17,22,24,30-34,46H,2-3,8,12-13,18-21,23H2,1H3,(H,40,47)/b11-5-/t24-,30+,31-,32+,33+,34+,38-/m0/s1. The number of amides is 3. The molecule has 0 radical (unpaired) electrons. The number of nitrogens with zero attached hydrogens (tertiary/aromatic N) is 5. The molecular weight excluding hydrogens is 732 g/mol. The number of para-hydroxylation sites is 1. The number of carbonyl (C=O) groups is 4. The zero-order chi connectivity index (χ0) is 36.4. The fraction of sp³-hybridized carbons (Fsp3) is 0.474. The van der Waals surface area contributed by atoms with E-state index in [4.69, 9.17) is 9.47 Å². The largest absolute Gasteiger partial charge is 0.455 e. The van der Waals surface area contributed by atoms with Gasteiger partial charge in [-0.25, -0.2) is 4.68 Å². The van der Waals surface area contributed by atoms with Crippen LogP contribution in [0.3, 0.4) is 0 Å². The monoisotopic (exact) mass is 774 g/mol. The van der Waals surface area contributed by atoms with E-state index in [0.29, 0.717) is 34.8 Å². The number of fused-ring (bicyclic) bond motifs is 3. The van der Waals surface area contributed by atoms with Crippen molar-refractivity contribution < 1.29 is 33.8 Å². The molecule has 13 nitrogen and oxygen atoms in total. The van der Waals surface area contributed by atoms with Gasteiger partial charge in [0.05, 0.1) is 17.5 Å². The number of esters is 1. The number of likely N-dealkylation sites (tertiary alicyclic amines) is 1. The molecule has 4 aliphatic heterocycles. The third-order valence-corrected chi connectivity index (χ3v) is 11.2. The normalized spacial score (nSPS) is 30.0. The molecule has 5 heterocycles. The van der Waals surface area contributed by atoms with Crippen molar-refractivity contribution in [1.29, 1.82) is 0 Å². The molecule has 5 bridgehead atoms. The van der Waals surface area contributed by atoms with Crippen molar-refractivity contribution in [1.82, 2.24) is 30.1 Å². The molecule has 1 spiro atoms. The average molecular weight is 776 g/mol. The maximum atomic E-state index is 15.1. The van der Waals surface area contributed by atoms with E-state index >= 15 is 4.79 Å². The molecule has 7 atom stereocenters. The summed E-state index contributed by atoms with van der Waals surface area (Å²) in [5.74, 6) is -3.62. The maximum absolute atomic E-state index is 15.1. The number of rotatable bonds is 9. The average Bonchev–Trinajstić information content (AvgIpc) is 3.86. The molecule has 1 aromatic heterocycles. The molecule has 2 saturated heterocycles. The highest BCUT2D eigenvalue weighted by Crippen LogP contribution is 2.59. The van der Waals surface area contributed by atoms with Crippen LogP contribution in [0.15, 0.2) is 77.3 Å². The maximum Gasteiger partial charge on any atom is 0.313 e. The van der Waals surface area contributed by atoms with Crippen LogP contribution in [-0.4, -0.2) is 97.1 Å². The van der Waals surface area contributed by atoms with Crippen molar-refractivity contribution in [2.24, 2.45) is 11.8 Å². The van der Waals surface area contributed by atoms with Crippen LogP contribution in [0.5, 0.6) is 0 Å². The van der Waals surface area contributed by atoms with E-state index in [-0.39, 0.29) is 50.5 Å². The Morgan fingerprint density at radius 1 is 0.962 bits per heavy atom. The summed E-state index contributed by atoms with van der Waals surface area (Å²) in [6, 6.07) is 15.0. The van der Waals surface area contributed by atoms with E-state index in [1.165, 1.54) is 0 Å². The Hall–Kier alpha value is -4.40. The Morgan fingerprint density at radius 3 is 2.54 bits per heavy atom. The Balaban J connectivity index is 1.29. The van der Waals surface area contributed by atoms with Gasteiger partial charge in [0.25, 0.3) is 5.91 Å². The lowest BCUT2D eigenvalue weighted by Gasteiger charge is -2.35. The number of aromatic nitrogens is 3. The number of aliphatic hydroxyl groups excluding tert-OH is 1. The summed E-state index contributed by atoms with van der Waals surface area (Å²) in [6.07, 6.45) is 7.20. The summed E-state index contributed by atoms with van der Waals surface area (Å²) in [6.45, 7) is 2.35. The molecule has 3 amide bonds. The SMILES string of the molecule is C[C@@H]1NC(=O)CC/C=C\CN(Cn2nnc3ccccc32)C(=O)[C@H]2N(CCCCCCO)C(=O)[C@@H]3[C@@H](C(=O)O[C@H]1c1ccccc1)[C@@H]1O[C@@]32C=C1Br. The van der Waals surface area contributed by atoms with Gasteiger partial charge in [-0.1, -0.05) is 88.6 Å². The zero-order valence-electron chi connectivity index (χ0n) is 29.0. The van der Waals surface area contributed by atoms with Crippen LogP contribution in [0, 0.1) is 11.8 Å². The zero-order valence-corrected chi connectivity index (χ0v) is 30.6. The number of halogens is 1. The van der Waals surface area contributed by atoms with Gasteiger partial charge in [0.15, 0.2) is 0 Å². The van der Waals surface area contributed by atoms with Gasteiger partial charge in [0.2, 0.25) is 11.8 Å². The molecule has 2 N–H and O–H groups in total. The van der Waals surface area contributed by atoms with Crippen molar-refractivity contribution in [3.05, 3.63) is 82.9 Å². The van der Waals surface area contributed by atoms with Crippen molar-refractivity contribution >= 4 is 50.7 Å². The minimum Gasteiger partial charge on any atom is -0.455 e. The van der Waals surface area contributed by atoms with Crippen molar-refractivity contribution in [3.8, 4) is 0 Å². The van der Waals surface area contributed by atoms with Crippen LogP contribution in [0.2, 0.25) is 0 Å². The van der Waals surface area contributed by atoms with Crippen LogP contribution < -0.4 is 5.32 Å². The van der Waals surface area contributed by atoms with Crippen LogP contribution in [0.25, 0.3) is 11.0 Å². The van der Waals surface area contributed by atoms with Gasteiger partial charge in [-0.2, -0.15) is 0 Å². The van der Waals surface area contributed by atoms with E-state index in [0.717, 1.165) is 18.4 Å². The van der Waals surface area contributed by atoms with E-state index in [1.54, 1.807) is 27.5 Å². The van der Waals surface area contributed by atoms with Gasteiger partial charge in [-0.3, -0.25) is 19.2 Å². The van der Waals surface area contributed by atoms with Crippen molar-refractivity contribution in [2.75, 3.05) is 19.7 Å². The molecule has 0 aliphatic carbocycles. The fourth-order valence-electron chi connectivity index (χ4n) is 8.07. The molecule has 4 aliphatic rings. The highest BCUT2D eigenvalue weighted by molar-refractivity contribution is 9.11. The lowest BCUT2D eigenvalue weighted by atomic mass is 9.74. The predicted molar refractivity (Wildman–Crippen MR) is 193 cm³/mol. The smallest absolute Gasteiger partial charge is 0.313 e. The highest BCUT2D eigenvalue weighted by atomic mass is 79.9. The molecule has 2 aromatic carbocycles. The lowest BCUT2D eigenvalue weighted by Crippen LogP contribution is -2.56. The number of hydrogen-bond donors (Lipinski definition) is 2. The van der Waals surface area contributed by atoms with Crippen LogP contribution in [0.1, 0.15) is 57.1 Å². The van der Waals surface area contributed by atoms with Gasteiger partial charge in [0, 0.05) is 30.6 Å². The molecule has 7 rings (SSSR count). The first kappa shape index (κ1) is 36.0. The van der Waals surface area contributed by atoms with Crippen LogP contribution in [0.4, 0.5) is 0 Å². The molecule has 3 aromatic rings. The minimum atomic E-state index is -1.44. The second-order valence-corrected chi connectivity index (χ2v) is 14.8. The number of benzene rings is 2. The summed E-state index contributed by atoms with van der Waals surface area (Å²) in [4.78, 5) is 60.5. The van der Waals surface area contributed by atoms with Crippen molar-refractivity contribution in [2.45, 2.75) is 82.0 Å². The number of allylic oxidation sites excluding steroid dienone is 1. The molecule has 0 saturated carbocycles. The molecule has 52 heavy (non-hydrogen) atoms. The molecule has 274 valence electrons. The van der Waals surface area contributed by atoms with E-state index < -0.39 is 47.7 Å². The summed E-state index contributed by atoms with van der Waals surface area (Å²) >= 11 is 3.63. The van der Waals surface area contributed by atoms with Crippen LogP contribution in [-0.2, 0) is 35.3 Å². The third-order valence-electron chi connectivity index (χ3n) is 10.5. The summed E-state index contributed by atoms with van der Waals surface area (Å²) in [5.41, 5.74) is 0.676. The lowest BCUT2D eigenvalue weighted by molar-refractivity contribution is -0.161. The number of ether oxygens (including phenoxy) is 2. The van der Waals surface area contributed by atoms with E-state index in [2.05, 4.69) is 31.6 Å². The van der Waals surface area contributed by atoms with Crippen LogP contribution >= 0.6 is 15.9 Å². The molecular formula is C38H43BrN6O7. The quantitative estimate of drug-likeness (QED) is 0.188. The predicted octanol–water partition coefficient (Wildman–Crippen LogP) is 3.78. The van der Waals surface area contributed by atoms with E-state index in [1.807, 2.05) is 66.7 Å². The highest BCUT2D eigenvalue weighted by Gasteiger charge is 2.75. The Kier molecular flexibility index (Phi) is 10.6. The number of hydrogen-bond acceptors (Lipinski definition) is 9. The first-order chi connectivity index (χ1) is 25.2. The van der Waals surface area contributed by atoms with Gasteiger partial charge in [-0.15, -0.1) is 5.10 Å². The summed E-state index contributed by atoms with van der Waals surface area (Å²) in [7, 11) is 0. The van der Waals surface area contributed by atoms with Gasteiger partial charge >= 0.3 is 5.97 Å². The summed E-state index contributed by atoms with van der Waals surface area (Å²) in [5, 5.41) is 20.9. The Morgan fingerprint density at radius 2 is 1.73 bits per heavy atom. The summed E-state index contributed by atoms with van der Waals surface area (Å²) < 4.78 is 15.2. The second-order valence-electron chi connectivity index (χ2n) is 13.9. The Bertz CT molecular complexity index is 1880. The number of aliphatic hydroxyl groups is 1.